The van der Waals surface area contributed by atoms with E-state index in [0.29, 0.717) is 28.5 Å². The second-order valence-electron chi connectivity index (χ2n) is 3.48. The predicted molar refractivity (Wildman–Crippen MR) is 62.9 cm³/mol. The molecule has 3 nitrogen and oxygen atoms in total. The van der Waals surface area contributed by atoms with E-state index in [9.17, 15) is 9.90 Å². The number of aliphatic hydroxyl groups excluding tert-OH is 1. The van der Waals surface area contributed by atoms with Gasteiger partial charge in [-0.15, -0.1) is 0 Å². The van der Waals surface area contributed by atoms with Crippen LogP contribution in [0.4, 0.5) is 0 Å². The first-order valence-corrected chi connectivity index (χ1v) is 5.61. The van der Waals surface area contributed by atoms with Crippen molar-refractivity contribution in [1.29, 1.82) is 0 Å². The van der Waals surface area contributed by atoms with Gasteiger partial charge >= 0.3 is 5.97 Å². The molecule has 0 fully saturated rings. The molecule has 0 heterocycles. The fourth-order valence-corrected chi connectivity index (χ4v) is 1.64. The van der Waals surface area contributed by atoms with Gasteiger partial charge in [-0.1, -0.05) is 29.3 Å². The van der Waals surface area contributed by atoms with Crippen LogP contribution in [0.15, 0.2) is 18.2 Å². The molecule has 0 aromatic heterocycles. The van der Waals surface area contributed by atoms with Crippen LogP contribution in [0.1, 0.15) is 30.9 Å². The summed E-state index contributed by atoms with van der Waals surface area (Å²) in [4.78, 5) is 10.3. The minimum absolute atomic E-state index is 0.0540. The maximum absolute atomic E-state index is 10.3. The van der Waals surface area contributed by atoms with Crippen LogP contribution >= 0.6 is 23.2 Å². The van der Waals surface area contributed by atoms with Gasteiger partial charge < -0.3 is 10.2 Å². The van der Waals surface area contributed by atoms with Gasteiger partial charge in [0.15, 0.2) is 0 Å². The number of carboxylic acids is 1. The first kappa shape index (κ1) is 13.3. The van der Waals surface area contributed by atoms with Crippen LogP contribution < -0.4 is 0 Å². The summed E-state index contributed by atoms with van der Waals surface area (Å²) in [6, 6.07) is 4.88. The number of carboxylic acid groups (broad SMARTS) is 1. The van der Waals surface area contributed by atoms with E-state index in [2.05, 4.69) is 0 Å². The highest BCUT2D eigenvalue weighted by Gasteiger charge is 2.10. The lowest BCUT2D eigenvalue weighted by Crippen LogP contribution is -2.00. The summed E-state index contributed by atoms with van der Waals surface area (Å²) in [5.74, 6) is -0.860. The standard InChI is InChI=1S/C11H12Cl2O3/c12-8-5-4-7(6-9(8)13)10(14)2-1-3-11(15)16/h4-6,10,14H,1-3H2,(H,15,16). The summed E-state index contributed by atoms with van der Waals surface area (Å²) in [5, 5.41) is 19.0. The molecule has 1 aromatic carbocycles. The lowest BCUT2D eigenvalue weighted by Gasteiger charge is -2.10. The maximum atomic E-state index is 10.3. The molecule has 0 amide bonds. The Morgan fingerprint density at radius 1 is 1.31 bits per heavy atom. The van der Waals surface area contributed by atoms with Gasteiger partial charge in [-0.2, -0.15) is 0 Å². The van der Waals surface area contributed by atoms with E-state index in [-0.39, 0.29) is 6.42 Å². The highest BCUT2D eigenvalue weighted by atomic mass is 35.5. The van der Waals surface area contributed by atoms with Crippen LogP contribution in [0.5, 0.6) is 0 Å². The molecule has 0 aliphatic heterocycles. The molecule has 0 radical (unpaired) electrons. The summed E-state index contributed by atoms with van der Waals surface area (Å²) in [5.41, 5.74) is 0.653. The minimum atomic E-state index is -0.860. The monoisotopic (exact) mass is 262 g/mol. The second-order valence-corrected chi connectivity index (χ2v) is 4.29. The molecule has 0 aliphatic carbocycles. The molecular weight excluding hydrogens is 251 g/mol. The van der Waals surface area contributed by atoms with Crippen molar-refractivity contribution < 1.29 is 15.0 Å². The second kappa shape index (κ2) is 6.09. The van der Waals surface area contributed by atoms with Gasteiger partial charge in [-0.25, -0.2) is 0 Å². The summed E-state index contributed by atoms with van der Waals surface area (Å²) >= 11 is 11.5. The van der Waals surface area contributed by atoms with Crippen molar-refractivity contribution in [1.82, 2.24) is 0 Å². The molecule has 0 aliphatic rings. The number of aliphatic hydroxyl groups is 1. The zero-order valence-electron chi connectivity index (χ0n) is 8.49. The molecule has 0 spiro atoms. The lowest BCUT2D eigenvalue weighted by molar-refractivity contribution is -0.137. The Morgan fingerprint density at radius 2 is 2.00 bits per heavy atom. The Hall–Kier alpha value is -0.770. The molecule has 5 heteroatoms. The number of aliphatic carboxylic acids is 1. The normalized spacial score (nSPS) is 12.4. The molecule has 1 rings (SSSR count). The summed E-state index contributed by atoms with van der Waals surface area (Å²) in [6.07, 6.45) is 0.175. The third-order valence-electron chi connectivity index (χ3n) is 2.20. The number of benzene rings is 1. The molecule has 0 saturated carbocycles. The first-order chi connectivity index (χ1) is 7.50. The van der Waals surface area contributed by atoms with Crippen LogP contribution in [0.25, 0.3) is 0 Å². The van der Waals surface area contributed by atoms with Gasteiger partial charge in [0.05, 0.1) is 16.1 Å². The van der Waals surface area contributed by atoms with Crippen molar-refractivity contribution in [2.24, 2.45) is 0 Å². The Morgan fingerprint density at radius 3 is 2.56 bits per heavy atom. The van der Waals surface area contributed by atoms with Crippen LogP contribution in [0, 0.1) is 0 Å². The van der Waals surface area contributed by atoms with Gasteiger partial charge in [-0.3, -0.25) is 4.79 Å². The van der Waals surface area contributed by atoms with Crippen LogP contribution in [-0.2, 0) is 4.79 Å². The summed E-state index contributed by atoms with van der Waals surface area (Å²) in [6.45, 7) is 0. The Labute approximate surface area is 104 Å². The average molecular weight is 263 g/mol. The van der Waals surface area contributed by atoms with Crippen LogP contribution in [0.3, 0.4) is 0 Å². The maximum Gasteiger partial charge on any atom is 0.303 e. The fraction of sp³-hybridized carbons (Fsp3) is 0.364. The van der Waals surface area contributed by atoms with Crippen molar-refractivity contribution in [2.75, 3.05) is 0 Å². The topological polar surface area (TPSA) is 57.5 Å². The lowest BCUT2D eigenvalue weighted by atomic mass is 10.0. The SMILES string of the molecule is O=C(O)CCCC(O)c1ccc(Cl)c(Cl)c1. The number of carbonyl (C=O) groups is 1. The first-order valence-electron chi connectivity index (χ1n) is 4.85. The van der Waals surface area contributed by atoms with E-state index in [1.54, 1.807) is 18.2 Å². The molecule has 2 N–H and O–H groups in total. The van der Waals surface area contributed by atoms with Gasteiger partial charge in [0, 0.05) is 6.42 Å². The van der Waals surface area contributed by atoms with Crippen molar-refractivity contribution in [3.63, 3.8) is 0 Å². The molecule has 88 valence electrons. The van der Waals surface area contributed by atoms with Gasteiger partial charge in [0.2, 0.25) is 0 Å². The minimum Gasteiger partial charge on any atom is -0.481 e. The Balaban J connectivity index is 2.55. The highest BCUT2D eigenvalue weighted by molar-refractivity contribution is 6.42. The van der Waals surface area contributed by atoms with Gasteiger partial charge in [0.25, 0.3) is 0 Å². The zero-order valence-corrected chi connectivity index (χ0v) is 10.0. The van der Waals surface area contributed by atoms with Gasteiger partial charge in [-0.05, 0) is 30.5 Å². The molecule has 1 aromatic rings. The molecule has 1 atom stereocenters. The molecular formula is C11H12Cl2O3. The third-order valence-corrected chi connectivity index (χ3v) is 2.94. The zero-order chi connectivity index (χ0) is 12.1. The largest absolute Gasteiger partial charge is 0.481 e. The predicted octanol–water partition coefficient (Wildman–Crippen LogP) is 3.28. The van der Waals surface area contributed by atoms with E-state index in [1.807, 2.05) is 0 Å². The number of rotatable bonds is 5. The quantitative estimate of drug-likeness (QED) is 0.857. The van der Waals surface area contributed by atoms with Crippen molar-refractivity contribution in [3.8, 4) is 0 Å². The molecule has 16 heavy (non-hydrogen) atoms. The molecule has 0 saturated heterocycles. The highest BCUT2D eigenvalue weighted by Crippen LogP contribution is 2.27. The third kappa shape index (κ3) is 4.00. The molecule has 1 unspecified atom stereocenters. The van der Waals surface area contributed by atoms with E-state index in [0.717, 1.165) is 0 Å². The smallest absolute Gasteiger partial charge is 0.303 e. The summed E-state index contributed by atoms with van der Waals surface area (Å²) < 4.78 is 0. The summed E-state index contributed by atoms with van der Waals surface area (Å²) in [7, 11) is 0. The van der Waals surface area contributed by atoms with Gasteiger partial charge in [0.1, 0.15) is 0 Å². The molecule has 0 bridgehead atoms. The van der Waals surface area contributed by atoms with Crippen molar-refractivity contribution in [3.05, 3.63) is 33.8 Å². The number of halogens is 2. The Kier molecular flexibility index (Phi) is 5.06. The van der Waals surface area contributed by atoms with E-state index in [1.165, 1.54) is 0 Å². The van der Waals surface area contributed by atoms with E-state index >= 15 is 0 Å². The van der Waals surface area contributed by atoms with E-state index < -0.39 is 12.1 Å². The van der Waals surface area contributed by atoms with Crippen molar-refractivity contribution in [2.45, 2.75) is 25.4 Å². The fourth-order valence-electron chi connectivity index (χ4n) is 1.33. The van der Waals surface area contributed by atoms with Crippen LogP contribution in [-0.4, -0.2) is 16.2 Å². The Bertz CT molecular complexity index is 379. The van der Waals surface area contributed by atoms with E-state index in [4.69, 9.17) is 28.3 Å². The van der Waals surface area contributed by atoms with Crippen molar-refractivity contribution >= 4 is 29.2 Å². The average Bonchev–Trinajstić information content (AvgIpc) is 2.21. The van der Waals surface area contributed by atoms with Crippen LogP contribution in [0.2, 0.25) is 10.0 Å². The number of hydrogen-bond acceptors (Lipinski definition) is 2. The number of hydrogen-bond donors (Lipinski definition) is 2.